The van der Waals surface area contributed by atoms with E-state index in [2.05, 4.69) is 13.8 Å². The standard InChI is InChI=1S/C26H26O3/c1-18(2)19-13-15-20(16-14-19)23(17-24(27)21-9-5-3-6-10-21)25(26(28)29)22-11-7-4-8-12-22/h3-16,18,23,25H,17H2,1-2H3,(H,28,29)/t23-,25-/m0/s1. The molecule has 0 heterocycles. The number of ketones is 1. The van der Waals surface area contributed by atoms with Gasteiger partial charge in [0.05, 0.1) is 5.92 Å². The summed E-state index contributed by atoms with van der Waals surface area (Å²) in [6.45, 7) is 4.24. The molecule has 0 aliphatic carbocycles. The van der Waals surface area contributed by atoms with Crippen molar-refractivity contribution in [2.45, 2.75) is 38.0 Å². The van der Waals surface area contributed by atoms with Crippen LogP contribution >= 0.6 is 0 Å². The molecule has 0 aromatic heterocycles. The number of aliphatic carboxylic acids is 1. The summed E-state index contributed by atoms with van der Waals surface area (Å²) >= 11 is 0. The molecule has 1 N–H and O–H groups in total. The first-order chi connectivity index (χ1) is 14.0. The van der Waals surface area contributed by atoms with Gasteiger partial charge in [0, 0.05) is 17.9 Å². The Morgan fingerprint density at radius 3 is 1.76 bits per heavy atom. The third kappa shape index (κ3) is 5.00. The van der Waals surface area contributed by atoms with Gasteiger partial charge in [-0.15, -0.1) is 0 Å². The largest absolute Gasteiger partial charge is 0.481 e. The molecule has 0 saturated heterocycles. The number of carboxylic acid groups (broad SMARTS) is 1. The van der Waals surface area contributed by atoms with Crippen LogP contribution in [0, 0.1) is 0 Å². The normalized spacial score (nSPS) is 13.1. The number of carbonyl (C=O) groups is 2. The minimum atomic E-state index is -0.921. The highest BCUT2D eigenvalue weighted by Crippen LogP contribution is 2.37. The number of carboxylic acids is 1. The Balaban J connectivity index is 2.02. The van der Waals surface area contributed by atoms with Gasteiger partial charge in [-0.25, -0.2) is 0 Å². The molecule has 3 aromatic carbocycles. The number of rotatable bonds is 8. The molecule has 3 rings (SSSR count). The second-order valence-corrected chi connectivity index (χ2v) is 7.65. The van der Waals surface area contributed by atoms with Gasteiger partial charge in [0.15, 0.2) is 5.78 Å². The van der Waals surface area contributed by atoms with Gasteiger partial charge >= 0.3 is 5.97 Å². The van der Waals surface area contributed by atoms with Gasteiger partial charge in [-0.3, -0.25) is 9.59 Å². The van der Waals surface area contributed by atoms with Crippen LogP contribution in [0.4, 0.5) is 0 Å². The molecule has 0 fully saturated rings. The molecular formula is C26H26O3. The second-order valence-electron chi connectivity index (χ2n) is 7.65. The minimum Gasteiger partial charge on any atom is -0.481 e. The first-order valence-electron chi connectivity index (χ1n) is 9.93. The van der Waals surface area contributed by atoms with Gasteiger partial charge in [-0.05, 0) is 22.6 Å². The summed E-state index contributed by atoms with van der Waals surface area (Å²) in [4.78, 5) is 25.3. The van der Waals surface area contributed by atoms with Crippen molar-refractivity contribution < 1.29 is 14.7 Å². The summed E-state index contributed by atoms with van der Waals surface area (Å²) < 4.78 is 0. The number of benzene rings is 3. The molecular weight excluding hydrogens is 360 g/mol. The van der Waals surface area contributed by atoms with E-state index in [1.54, 1.807) is 12.1 Å². The van der Waals surface area contributed by atoms with E-state index in [9.17, 15) is 14.7 Å². The number of hydrogen-bond acceptors (Lipinski definition) is 2. The summed E-state index contributed by atoms with van der Waals surface area (Å²) in [5.41, 5.74) is 3.37. The molecule has 3 aromatic rings. The van der Waals surface area contributed by atoms with Gasteiger partial charge in [0.2, 0.25) is 0 Å². The second kappa shape index (κ2) is 9.33. The Morgan fingerprint density at radius 1 is 0.724 bits per heavy atom. The summed E-state index contributed by atoms with van der Waals surface area (Å²) in [7, 11) is 0. The van der Waals surface area contributed by atoms with Crippen LogP contribution in [0.15, 0.2) is 84.9 Å². The Kier molecular flexibility index (Phi) is 6.61. The van der Waals surface area contributed by atoms with Gasteiger partial charge in [0.25, 0.3) is 0 Å². The number of Topliss-reactive ketones (excluding diaryl/α,β-unsaturated/α-hetero) is 1. The van der Waals surface area contributed by atoms with Crippen molar-refractivity contribution in [2.75, 3.05) is 0 Å². The quantitative estimate of drug-likeness (QED) is 0.481. The van der Waals surface area contributed by atoms with Crippen LogP contribution in [0.3, 0.4) is 0 Å². The zero-order valence-corrected chi connectivity index (χ0v) is 16.8. The molecule has 0 bridgehead atoms. The molecule has 3 nitrogen and oxygen atoms in total. The molecule has 0 spiro atoms. The Labute approximate surface area is 172 Å². The fraction of sp³-hybridized carbons (Fsp3) is 0.231. The minimum absolute atomic E-state index is 0.0503. The van der Waals surface area contributed by atoms with Crippen LogP contribution < -0.4 is 0 Å². The highest BCUT2D eigenvalue weighted by Gasteiger charge is 2.33. The lowest BCUT2D eigenvalue weighted by molar-refractivity contribution is -0.139. The van der Waals surface area contributed by atoms with Crippen LogP contribution in [0.1, 0.15) is 65.1 Å². The third-order valence-corrected chi connectivity index (χ3v) is 5.36. The van der Waals surface area contributed by atoms with Gasteiger partial charge in [-0.1, -0.05) is 98.8 Å². The molecule has 3 heteroatoms. The smallest absolute Gasteiger partial charge is 0.311 e. The van der Waals surface area contributed by atoms with Crippen molar-refractivity contribution in [3.63, 3.8) is 0 Å². The summed E-state index contributed by atoms with van der Waals surface area (Å²) in [6, 6.07) is 26.3. The zero-order valence-electron chi connectivity index (χ0n) is 16.8. The third-order valence-electron chi connectivity index (χ3n) is 5.36. The predicted octanol–water partition coefficient (Wildman–Crippen LogP) is 6.04. The van der Waals surface area contributed by atoms with E-state index in [0.717, 1.165) is 5.56 Å². The molecule has 0 radical (unpaired) electrons. The van der Waals surface area contributed by atoms with E-state index in [-0.39, 0.29) is 12.2 Å². The summed E-state index contributed by atoms with van der Waals surface area (Å²) in [5, 5.41) is 10.1. The topological polar surface area (TPSA) is 54.4 Å². The van der Waals surface area contributed by atoms with Gasteiger partial charge in [-0.2, -0.15) is 0 Å². The zero-order chi connectivity index (χ0) is 20.8. The summed E-state index contributed by atoms with van der Waals surface area (Å²) in [6.07, 6.45) is 0.136. The molecule has 0 amide bonds. The molecule has 0 aliphatic heterocycles. The Morgan fingerprint density at radius 2 is 1.24 bits per heavy atom. The molecule has 148 valence electrons. The Hall–Kier alpha value is -3.20. The lowest BCUT2D eigenvalue weighted by atomic mass is 9.77. The molecule has 0 unspecified atom stereocenters. The van der Waals surface area contributed by atoms with Gasteiger partial charge < -0.3 is 5.11 Å². The lowest BCUT2D eigenvalue weighted by Gasteiger charge is -2.25. The maximum absolute atomic E-state index is 13.0. The van der Waals surface area contributed by atoms with Crippen molar-refractivity contribution in [2.24, 2.45) is 0 Å². The highest BCUT2D eigenvalue weighted by molar-refractivity contribution is 5.97. The number of hydrogen-bond donors (Lipinski definition) is 1. The van der Waals surface area contributed by atoms with Crippen molar-refractivity contribution in [3.8, 4) is 0 Å². The maximum atomic E-state index is 13.0. The van der Waals surface area contributed by atoms with Crippen molar-refractivity contribution >= 4 is 11.8 Å². The van der Waals surface area contributed by atoms with Crippen LogP contribution in [-0.2, 0) is 4.79 Å². The Bertz CT molecular complexity index is 944. The van der Waals surface area contributed by atoms with Crippen molar-refractivity contribution in [1.29, 1.82) is 0 Å². The molecule has 0 saturated carbocycles. The van der Waals surface area contributed by atoms with E-state index in [1.165, 1.54) is 5.56 Å². The molecule has 29 heavy (non-hydrogen) atoms. The van der Waals surface area contributed by atoms with Crippen molar-refractivity contribution in [3.05, 3.63) is 107 Å². The predicted molar refractivity (Wildman–Crippen MR) is 115 cm³/mol. The fourth-order valence-electron chi connectivity index (χ4n) is 3.71. The molecule has 2 atom stereocenters. The fourth-order valence-corrected chi connectivity index (χ4v) is 3.71. The molecule has 0 aliphatic rings. The summed E-state index contributed by atoms with van der Waals surface area (Å²) in [5.74, 6) is -1.84. The van der Waals surface area contributed by atoms with E-state index in [1.807, 2.05) is 72.8 Å². The van der Waals surface area contributed by atoms with Crippen molar-refractivity contribution in [1.82, 2.24) is 0 Å². The highest BCUT2D eigenvalue weighted by atomic mass is 16.4. The van der Waals surface area contributed by atoms with Crippen LogP contribution in [0.5, 0.6) is 0 Å². The van der Waals surface area contributed by atoms with Gasteiger partial charge in [0.1, 0.15) is 0 Å². The average molecular weight is 386 g/mol. The first-order valence-corrected chi connectivity index (χ1v) is 9.93. The maximum Gasteiger partial charge on any atom is 0.311 e. The van der Waals surface area contributed by atoms with Crippen LogP contribution in [-0.4, -0.2) is 16.9 Å². The van der Waals surface area contributed by atoms with E-state index in [0.29, 0.717) is 17.0 Å². The van der Waals surface area contributed by atoms with E-state index < -0.39 is 17.8 Å². The van der Waals surface area contributed by atoms with Crippen LogP contribution in [0.25, 0.3) is 0 Å². The van der Waals surface area contributed by atoms with E-state index in [4.69, 9.17) is 0 Å². The van der Waals surface area contributed by atoms with Crippen LogP contribution in [0.2, 0.25) is 0 Å². The SMILES string of the molecule is CC(C)c1ccc([C@H](CC(=O)c2ccccc2)[C@@H](C(=O)O)c2ccccc2)cc1. The van der Waals surface area contributed by atoms with E-state index >= 15 is 0 Å². The monoisotopic (exact) mass is 386 g/mol. The number of carbonyl (C=O) groups excluding carboxylic acids is 1. The lowest BCUT2D eigenvalue weighted by Crippen LogP contribution is -2.23. The first kappa shape index (κ1) is 20.5. The average Bonchev–Trinajstić information content (AvgIpc) is 2.74.